The molecular weight excluding hydrogens is 228 g/mol. The molecule has 1 aliphatic rings. The zero-order valence-electron chi connectivity index (χ0n) is 9.48. The van der Waals surface area contributed by atoms with Crippen LogP contribution in [0.1, 0.15) is 47.7 Å². The number of sulfone groups is 1. The van der Waals surface area contributed by atoms with Crippen LogP contribution in [-0.4, -0.2) is 14.2 Å². The summed E-state index contributed by atoms with van der Waals surface area (Å²) in [4.78, 5) is 11.3. The van der Waals surface area contributed by atoms with Gasteiger partial charge in [0.05, 0.1) is 17.3 Å². The Labute approximate surface area is 94.6 Å². The summed E-state index contributed by atoms with van der Waals surface area (Å²) >= 11 is 0. The van der Waals surface area contributed by atoms with Crippen LogP contribution in [0.3, 0.4) is 0 Å². The van der Waals surface area contributed by atoms with Crippen LogP contribution in [-0.2, 0) is 15.6 Å². The standard InChI is InChI=1S/C11H14O4S/c1-6(2)11-8-4-15-10(7(3)12)9(8)5-16(11,13)14/h4,6,11H,5H2,1-3H3. The number of Topliss-reactive ketones (excluding diaryl/α,β-unsaturated/α-hetero) is 1. The van der Waals surface area contributed by atoms with E-state index in [0.29, 0.717) is 11.1 Å². The lowest BCUT2D eigenvalue weighted by atomic mass is 10.0. The van der Waals surface area contributed by atoms with E-state index in [4.69, 9.17) is 4.42 Å². The van der Waals surface area contributed by atoms with E-state index in [2.05, 4.69) is 0 Å². The van der Waals surface area contributed by atoms with Crippen molar-refractivity contribution < 1.29 is 17.6 Å². The molecule has 0 aromatic carbocycles. The van der Waals surface area contributed by atoms with Crippen LogP contribution in [0.5, 0.6) is 0 Å². The molecule has 0 fully saturated rings. The van der Waals surface area contributed by atoms with Crippen LogP contribution in [0, 0.1) is 5.92 Å². The van der Waals surface area contributed by atoms with E-state index in [1.807, 2.05) is 13.8 Å². The molecule has 0 saturated carbocycles. The van der Waals surface area contributed by atoms with Crippen molar-refractivity contribution in [3.05, 3.63) is 23.2 Å². The van der Waals surface area contributed by atoms with Gasteiger partial charge in [-0.05, 0) is 5.92 Å². The predicted octanol–water partition coefficient (Wildman–Crippen LogP) is 2.11. The molecule has 88 valence electrons. The fraction of sp³-hybridized carbons (Fsp3) is 0.545. The first-order valence-electron chi connectivity index (χ1n) is 5.17. The smallest absolute Gasteiger partial charge is 0.195 e. The van der Waals surface area contributed by atoms with Gasteiger partial charge >= 0.3 is 0 Å². The van der Waals surface area contributed by atoms with E-state index in [1.165, 1.54) is 13.2 Å². The minimum atomic E-state index is -3.17. The number of ketones is 1. The Kier molecular flexibility index (Phi) is 2.45. The maximum Gasteiger partial charge on any atom is 0.195 e. The summed E-state index contributed by atoms with van der Waals surface area (Å²) in [6, 6.07) is 0. The quantitative estimate of drug-likeness (QED) is 0.745. The number of furan rings is 1. The Balaban J connectivity index is 2.60. The van der Waals surface area contributed by atoms with Crippen molar-refractivity contribution in [1.29, 1.82) is 0 Å². The summed E-state index contributed by atoms with van der Waals surface area (Å²) in [7, 11) is -3.17. The fourth-order valence-corrected chi connectivity index (χ4v) is 4.63. The summed E-state index contributed by atoms with van der Waals surface area (Å²) in [5.74, 6) is -0.109. The lowest BCUT2D eigenvalue weighted by molar-refractivity contribution is 0.0986. The highest BCUT2D eigenvalue weighted by atomic mass is 32.2. The van der Waals surface area contributed by atoms with Crippen molar-refractivity contribution in [3.8, 4) is 0 Å². The molecule has 0 N–H and O–H groups in total. The van der Waals surface area contributed by atoms with E-state index in [9.17, 15) is 13.2 Å². The van der Waals surface area contributed by atoms with Gasteiger partial charge in [0.2, 0.25) is 0 Å². The molecular formula is C11H14O4S. The summed E-state index contributed by atoms with van der Waals surface area (Å²) in [6.45, 7) is 5.10. The fourth-order valence-electron chi connectivity index (χ4n) is 2.34. The van der Waals surface area contributed by atoms with E-state index in [0.717, 1.165) is 0 Å². The highest BCUT2D eigenvalue weighted by molar-refractivity contribution is 7.91. The Hall–Kier alpha value is -1.10. The average molecular weight is 242 g/mol. The molecule has 2 heterocycles. The Morgan fingerprint density at radius 1 is 1.50 bits per heavy atom. The minimum Gasteiger partial charge on any atom is -0.461 e. The van der Waals surface area contributed by atoms with Gasteiger partial charge in [-0.3, -0.25) is 4.79 Å². The van der Waals surface area contributed by atoms with Gasteiger partial charge in [0.25, 0.3) is 0 Å². The summed E-state index contributed by atoms with van der Waals surface area (Å²) < 4.78 is 29.0. The van der Waals surface area contributed by atoms with Gasteiger partial charge in [0.15, 0.2) is 21.4 Å². The van der Waals surface area contributed by atoms with Gasteiger partial charge in [-0.25, -0.2) is 8.42 Å². The van der Waals surface area contributed by atoms with Crippen LogP contribution < -0.4 is 0 Å². The second kappa shape index (κ2) is 3.45. The van der Waals surface area contributed by atoms with Crippen molar-refractivity contribution >= 4 is 15.6 Å². The van der Waals surface area contributed by atoms with Crippen LogP contribution in [0.4, 0.5) is 0 Å². The van der Waals surface area contributed by atoms with Gasteiger partial charge in [0.1, 0.15) is 0 Å². The molecule has 0 radical (unpaired) electrons. The molecule has 1 aromatic heterocycles. The second-order valence-corrected chi connectivity index (χ2v) is 6.65. The number of rotatable bonds is 2. The third kappa shape index (κ3) is 1.50. The Morgan fingerprint density at radius 3 is 2.62 bits per heavy atom. The molecule has 1 aromatic rings. The third-order valence-corrected chi connectivity index (χ3v) is 5.15. The largest absolute Gasteiger partial charge is 0.461 e. The van der Waals surface area contributed by atoms with Crippen molar-refractivity contribution in [2.45, 2.75) is 31.8 Å². The maximum atomic E-state index is 11.9. The lowest BCUT2D eigenvalue weighted by Crippen LogP contribution is -2.13. The molecule has 0 saturated heterocycles. The van der Waals surface area contributed by atoms with E-state index in [1.54, 1.807) is 0 Å². The van der Waals surface area contributed by atoms with Crippen molar-refractivity contribution in [3.63, 3.8) is 0 Å². The average Bonchev–Trinajstić information content (AvgIpc) is 2.56. The van der Waals surface area contributed by atoms with Gasteiger partial charge in [0, 0.05) is 18.1 Å². The number of carbonyl (C=O) groups excluding carboxylic acids is 1. The molecule has 0 aliphatic carbocycles. The lowest BCUT2D eigenvalue weighted by Gasteiger charge is -2.13. The molecule has 0 spiro atoms. The van der Waals surface area contributed by atoms with Crippen LogP contribution in [0.2, 0.25) is 0 Å². The first kappa shape index (κ1) is 11.4. The molecule has 1 unspecified atom stereocenters. The monoisotopic (exact) mass is 242 g/mol. The number of hydrogen-bond acceptors (Lipinski definition) is 4. The molecule has 1 atom stereocenters. The van der Waals surface area contributed by atoms with Gasteiger partial charge in [-0.2, -0.15) is 0 Å². The zero-order chi connectivity index (χ0) is 12.1. The Morgan fingerprint density at radius 2 is 2.12 bits per heavy atom. The van der Waals surface area contributed by atoms with E-state index >= 15 is 0 Å². The minimum absolute atomic E-state index is 0.0105. The maximum absolute atomic E-state index is 11.9. The summed E-state index contributed by atoms with van der Waals surface area (Å²) in [6.07, 6.45) is 1.42. The van der Waals surface area contributed by atoms with Gasteiger partial charge in [-0.1, -0.05) is 13.8 Å². The molecule has 0 bridgehead atoms. The highest BCUT2D eigenvalue weighted by Gasteiger charge is 2.42. The normalized spacial score (nSPS) is 22.4. The van der Waals surface area contributed by atoms with Crippen LogP contribution in [0.25, 0.3) is 0 Å². The number of carbonyl (C=O) groups is 1. The number of hydrogen-bond donors (Lipinski definition) is 0. The van der Waals surface area contributed by atoms with Crippen molar-refractivity contribution in [2.24, 2.45) is 5.92 Å². The summed E-state index contributed by atoms with van der Waals surface area (Å²) in [5, 5.41) is -0.528. The summed E-state index contributed by atoms with van der Waals surface area (Å²) in [5.41, 5.74) is 1.23. The molecule has 16 heavy (non-hydrogen) atoms. The SMILES string of the molecule is CC(=O)c1occ2c1CS(=O)(=O)C2C(C)C. The van der Waals surface area contributed by atoms with Crippen LogP contribution >= 0.6 is 0 Å². The van der Waals surface area contributed by atoms with E-state index in [-0.39, 0.29) is 23.2 Å². The second-order valence-electron chi connectivity index (χ2n) is 4.53. The molecule has 5 heteroatoms. The zero-order valence-corrected chi connectivity index (χ0v) is 10.3. The first-order valence-corrected chi connectivity index (χ1v) is 6.89. The Bertz CT molecular complexity index is 536. The number of fused-ring (bicyclic) bond motifs is 1. The first-order chi connectivity index (χ1) is 7.34. The predicted molar refractivity (Wildman–Crippen MR) is 58.9 cm³/mol. The van der Waals surface area contributed by atoms with E-state index < -0.39 is 15.1 Å². The van der Waals surface area contributed by atoms with Crippen LogP contribution in [0.15, 0.2) is 10.7 Å². The van der Waals surface area contributed by atoms with Gasteiger partial charge in [-0.15, -0.1) is 0 Å². The topological polar surface area (TPSA) is 64.3 Å². The van der Waals surface area contributed by atoms with Crippen molar-refractivity contribution in [2.75, 3.05) is 0 Å². The third-order valence-electron chi connectivity index (χ3n) is 2.89. The van der Waals surface area contributed by atoms with Crippen molar-refractivity contribution in [1.82, 2.24) is 0 Å². The molecule has 4 nitrogen and oxygen atoms in total. The molecule has 2 rings (SSSR count). The highest BCUT2D eigenvalue weighted by Crippen LogP contribution is 2.43. The van der Waals surface area contributed by atoms with Gasteiger partial charge < -0.3 is 4.42 Å². The molecule has 1 aliphatic heterocycles. The molecule has 0 amide bonds.